The van der Waals surface area contributed by atoms with Gasteiger partial charge in [0.2, 0.25) is 0 Å². The van der Waals surface area contributed by atoms with Crippen LogP contribution >= 0.6 is 24.8 Å². The maximum absolute atomic E-state index is 5.26. The molecule has 128 valence electrons. The zero-order valence-electron chi connectivity index (χ0n) is 14.2. The maximum Gasteiger partial charge on any atom is 0.133 e. The van der Waals surface area contributed by atoms with Crippen molar-refractivity contribution < 1.29 is 0 Å². The summed E-state index contributed by atoms with van der Waals surface area (Å²) in [6.45, 7) is 7.52. The van der Waals surface area contributed by atoms with Gasteiger partial charge in [0.15, 0.2) is 0 Å². The van der Waals surface area contributed by atoms with E-state index in [0.29, 0.717) is 4.32 Å². The molecular formula is C19H25N3S2. The monoisotopic (exact) mass is 359 g/mol. The number of hydrogen-bond donors (Lipinski definition) is 3. The summed E-state index contributed by atoms with van der Waals surface area (Å²) in [7, 11) is 0. The van der Waals surface area contributed by atoms with E-state index in [1.807, 2.05) is 24.3 Å². The number of anilines is 2. The number of benzene rings is 2. The lowest BCUT2D eigenvalue weighted by molar-refractivity contribution is 0.464. The van der Waals surface area contributed by atoms with E-state index in [9.17, 15) is 0 Å². The molecule has 0 aliphatic carbocycles. The first-order valence-corrected chi connectivity index (χ1v) is 9.00. The van der Waals surface area contributed by atoms with E-state index < -0.39 is 0 Å². The van der Waals surface area contributed by atoms with Gasteiger partial charge in [-0.05, 0) is 37.1 Å². The Bertz CT molecular complexity index is 622. The summed E-state index contributed by atoms with van der Waals surface area (Å²) in [6, 6.07) is 16.6. The lowest BCUT2D eigenvalue weighted by atomic mass is 10.2. The summed E-state index contributed by atoms with van der Waals surface area (Å²) in [6.07, 6.45) is 0. The van der Waals surface area contributed by atoms with Gasteiger partial charge in [0.25, 0.3) is 0 Å². The first kappa shape index (κ1) is 18.6. The van der Waals surface area contributed by atoms with Crippen LogP contribution in [0.4, 0.5) is 11.4 Å². The molecule has 0 unspecified atom stereocenters. The number of hydrogen-bond acceptors (Lipinski definition) is 3. The molecule has 0 saturated heterocycles. The molecule has 5 heteroatoms. The molecule has 0 atom stereocenters. The molecule has 2 aromatic rings. The van der Waals surface area contributed by atoms with Gasteiger partial charge in [-0.2, -0.15) is 0 Å². The van der Waals surface area contributed by atoms with Crippen LogP contribution in [-0.2, 0) is 0 Å². The molecule has 2 aromatic carbocycles. The van der Waals surface area contributed by atoms with E-state index in [-0.39, 0.29) is 0 Å². The molecule has 0 fully saturated rings. The molecule has 0 heterocycles. The Hall–Kier alpha value is -1.72. The van der Waals surface area contributed by atoms with Gasteiger partial charge >= 0.3 is 0 Å². The molecule has 2 N–H and O–H groups in total. The quantitative estimate of drug-likeness (QED) is 0.483. The van der Waals surface area contributed by atoms with Gasteiger partial charge in [-0.3, -0.25) is 0 Å². The molecule has 0 aliphatic heterocycles. The highest BCUT2D eigenvalue weighted by Crippen LogP contribution is 2.14. The van der Waals surface area contributed by atoms with Gasteiger partial charge in [0, 0.05) is 37.6 Å². The number of nitrogens with zero attached hydrogens (tertiary/aromatic N) is 1. The highest BCUT2D eigenvalue weighted by atomic mass is 32.1. The fraction of sp³-hybridized carbons (Fsp3) is 0.316. The molecule has 0 aromatic heterocycles. The van der Waals surface area contributed by atoms with E-state index >= 15 is 0 Å². The molecule has 0 bridgehead atoms. The average Bonchev–Trinajstić information content (AvgIpc) is 2.56. The number of nitrogens with one attached hydrogen (secondary N) is 2. The number of thiol groups is 1. The van der Waals surface area contributed by atoms with Gasteiger partial charge in [0.1, 0.15) is 4.32 Å². The minimum atomic E-state index is 0.633. The Morgan fingerprint density at radius 3 is 1.67 bits per heavy atom. The minimum Gasteiger partial charge on any atom is -0.383 e. The van der Waals surface area contributed by atoms with Crippen molar-refractivity contribution in [3.63, 3.8) is 0 Å². The van der Waals surface area contributed by atoms with E-state index in [0.717, 1.165) is 26.2 Å². The third-order valence-electron chi connectivity index (χ3n) is 3.95. The molecule has 0 aliphatic rings. The first-order chi connectivity index (χ1) is 11.6. The molecule has 0 saturated carbocycles. The van der Waals surface area contributed by atoms with E-state index in [1.165, 1.54) is 22.5 Å². The molecule has 0 radical (unpaired) electrons. The average molecular weight is 360 g/mol. The third kappa shape index (κ3) is 5.73. The van der Waals surface area contributed by atoms with Crippen molar-refractivity contribution in [3.8, 4) is 0 Å². The Balaban J connectivity index is 1.79. The third-order valence-corrected chi connectivity index (χ3v) is 4.50. The Kier molecular flexibility index (Phi) is 7.40. The summed E-state index contributed by atoms with van der Waals surface area (Å²) < 4.78 is 0.633. The van der Waals surface area contributed by atoms with Gasteiger partial charge < -0.3 is 15.5 Å². The highest BCUT2D eigenvalue weighted by molar-refractivity contribution is 8.10. The van der Waals surface area contributed by atoms with Gasteiger partial charge in [-0.1, -0.05) is 48.6 Å². The van der Waals surface area contributed by atoms with Crippen molar-refractivity contribution in [1.29, 1.82) is 0 Å². The van der Waals surface area contributed by atoms with Crippen molar-refractivity contribution in [3.05, 3.63) is 59.7 Å². The fourth-order valence-corrected chi connectivity index (χ4v) is 2.88. The number of para-hydroxylation sites is 2. The second-order valence-corrected chi connectivity index (χ2v) is 6.87. The molecule has 0 amide bonds. The predicted octanol–water partition coefficient (Wildman–Crippen LogP) is 4.34. The highest BCUT2D eigenvalue weighted by Gasteiger charge is 2.06. The van der Waals surface area contributed by atoms with Crippen LogP contribution in [0, 0.1) is 13.8 Å². The zero-order chi connectivity index (χ0) is 17.4. The summed E-state index contributed by atoms with van der Waals surface area (Å²) in [5, 5.41) is 6.92. The van der Waals surface area contributed by atoms with Crippen LogP contribution in [0.15, 0.2) is 48.5 Å². The van der Waals surface area contributed by atoms with Crippen molar-refractivity contribution in [1.82, 2.24) is 4.90 Å². The summed E-state index contributed by atoms with van der Waals surface area (Å²) >= 11 is 9.62. The van der Waals surface area contributed by atoms with Crippen molar-refractivity contribution >= 4 is 40.5 Å². The molecule has 0 spiro atoms. The van der Waals surface area contributed by atoms with Crippen LogP contribution in [0.3, 0.4) is 0 Å². The second-order valence-electron chi connectivity index (χ2n) is 5.75. The smallest absolute Gasteiger partial charge is 0.133 e. The summed E-state index contributed by atoms with van der Waals surface area (Å²) in [4.78, 5) is 2.11. The summed E-state index contributed by atoms with van der Waals surface area (Å²) in [5.41, 5.74) is 4.83. The van der Waals surface area contributed by atoms with Gasteiger partial charge in [-0.15, -0.1) is 12.6 Å². The molecule has 3 nitrogen and oxygen atoms in total. The van der Waals surface area contributed by atoms with E-state index in [4.69, 9.17) is 12.2 Å². The van der Waals surface area contributed by atoms with Crippen LogP contribution in [0.25, 0.3) is 0 Å². The standard InChI is InChI=1S/C19H25N3S2/c1-15-7-3-5-9-17(15)20-11-13-22(19(23)24)14-12-21-18-10-6-4-8-16(18)2/h3-10,20-21H,11-14H2,1-2H3,(H,23,24). The van der Waals surface area contributed by atoms with Crippen molar-refractivity contribution in [2.45, 2.75) is 13.8 Å². The number of thiocarbonyl (C=S) groups is 1. The fourth-order valence-electron chi connectivity index (χ4n) is 2.50. The lowest BCUT2D eigenvalue weighted by Crippen LogP contribution is -2.35. The Labute approximate surface area is 155 Å². The van der Waals surface area contributed by atoms with Crippen LogP contribution in [0.5, 0.6) is 0 Å². The van der Waals surface area contributed by atoms with Crippen LogP contribution < -0.4 is 10.6 Å². The Morgan fingerprint density at radius 2 is 1.29 bits per heavy atom. The molecular weight excluding hydrogens is 334 g/mol. The van der Waals surface area contributed by atoms with Gasteiger partial charge in [-0.25, -0.2) is 0 Å². The van der Waals surface area contributed by atoms with Crippen molar-refractivity contribution in [2.75, 3.05) is 36.8 Å². The van der Waals surface area contributed by atoms with Crippen LogP contribution in [-0.4, -0.2) is 35.4 Å². The van der Waals surface area contributed by atoms with E-state index in [2.05, 4.69) is 66.3 Å². The predicted molar refractivity (Wildman–Crippen MR) is 112 cm³/mol. The normalized spacial score (nSPS) is 10.3. The largest absolute Gasteiger partial charge is 0.383 e. The molecule has 24 heavy (non-hydrogen) atoms. The number of rotatable bonds is 8. The molecule has 2 rings (SSSR count). The first-order valence-electron chi connectivity index (χ1n) is 8.15. The van der Waals surface area contributed by atoms with E-state index in [1.54, 1.807) is 0 Å². The van der Waals surface area contributed by atoms with Crippen LogP contribution in [0.1, 0.15) is 11.1 Å². The summed E-state index contributed by atoms with van der Waals surface area (Å²) in [5.74, 6) is 0. The SMILES string of the molecule is Cc1ccccc1NCCN(CCNc1ccccc1C)C(=S)S. The van der Waals surface area contributed by atoms with Crippen molar-refractivity contribution in [2.24, 2.45) is 0 Å². The topological polar surface area (TPSA) is 27.3 Å². The maximum atomic E-state index is 5.26. The zero-order valence-corrected chi connectivity index (χ0v) is 16.0. The van der Waals surface area contributed by atoms with Gasteiger partial charge in [0.05, 0.1) is 0 Å². The minimum absolute atomic E-state index is 0.633. The van der Waals surface area contributed by atoms with Crippen LogP contribution in [0.2, 0.25) is 0 Å². The lowest BCUT2D eigenvalue weighted by Gasteiger charge is -2.24. The number of aryl methyl sites for hydroxylation is 2. The Morgan fingerprint density at radius 1 is 0.875 bits per heavy atom. The second kappa shape index (κ2) is 9.55.